The van der Waals surface area contributed by atoms with Crippen molar-refractivity contribution in [1.82, 2.24) is 5.01 Å². The van der Waals surface area contributed by atoms with Gasteiger partial charge in [-0.3, -0.25) is 5.84 Å². The van der Waals surface area contributed by atoms with E-state index >= 15 is 0 Å². The number of nitrogens with zero attached hydrogens (tertiary/aromatic N) is 1. The summed E-state index contributed by atoms with van der Waals surface area (Å²) in [4.78, 5) is 10.4. The van der Waals surface area contributed by atoms with E-state index in [2.05, 4.69) is 0 Å². The highest BCUT2D eigenvalue weighted by molar-refractivity contribution is 5.76. The molecule has 0 spiro atoms. The lowest BCUT2D eigenvalue weighted by Gasteiger charge is -2.24. The minimum Gasteiger partial charge on any atom is -0.478 e. The van der Waals surface area contributed by atoms with Crippen molar-refractivity contribution in [3.8, 4) is 0 Å². The van der Waals surface area contributed by atoms with Crippen LogP contribution in [0.2, 0.25) is 0 Å². The molecule has 1 heterocycles. The molecule has 0 unspecified atom stereocenters. The Kier molecular flexibility index (Phi) is 1.63. The van der Waals surface area contributed by atoms with E-state index in [1.807, 2.05) is 0 Å². The summed E-state index contributed by atoms with van der Waals surface area (Å²) in [6.07, 6.45) is 0.831. The van der Waals surface area contributed by atoms with Crippen molar-refractivity contribution < 1.29 is 15.0 Å². The molecule has 0 radical (unpaired) electrons. The van der Waals surface area contributed by atoms with Crippen LogP contribution >= 0.6 is 0 Å². The Hall–Kier alpha value is -0.650. The number of rotatable bonds is 1. The van der Waals surface area contributed by atoms with Gasteiger partial charge in [0.15, 0.2) is 0 Å². The van der Waals surface area contributed by atoms with Crippen LogP contribution in [0.3, 0.4) is 0 Å². The van der Waals surface area contributed by atoms with Crippen molar-refractivity contribution in [3.63, 3.8) is 0 Å². The number of carboxylic acid groups (broad SMARTS) is 1. The second-order valence-corrected chi connectivity index (χ2v) is 2.42. The molecule has 0 aromatic carbocycles. The number of nitrogens with two attached hydrogens (primary N) is 1. The smallest absolute Gasteiger partial charge is 0.352 e. The van der Waals surface area contributed by atoms with Gasteiger partial charge in [-0.15, -0.1) is 0 Å². The molecule has 1 saturated heterocycles. The summed E-state index contributed by atoms with van der Waals surface area (Å²) in [7, 11) is 0. The van der Waals surface area contributed by atoms with E-state index in [0.717, 1.165) is 5.01 Å². The summed E-state index contributed by atoms with van der Waals surface area (Å²) in [5.41, 5.74) is -1.82. The van der Waals surface area contributed by atoms with Gasteiger partial charge in [-0.1, -0.05) is 0 Å². The quantitative estimate of drug-likeness (QED) is 0.401. The highest BCUT2D eigenvalue weighted by atomic mass is 16.4. The molecular formula is C5H10N2O3. The topological polar surface area (TPSA) is 86.8 Å². The molecule has 0 amide bonds. The van der Waals surface area contributed by atoms with E-state index in [-0.39, 0.29) is 6.42 Å². The normalized spacial score (nSPS) is 34.6. The predicted molar refractivity (Wildman–Crippen MR) is 32.7 cm³/mol. The number of hydrogen-bond donors (Lipinski definition) is 3. The van der Waals surface area contributed by atoms with Crippen molar-refractivity contribution >= 4 is 5.97 Å². The molecule has 1 aliphatic heterocycles. The maximum atomic E-state index is 10.4. The van der Waals surface area contributed by atoms with Crippen molar-refractivity contribution in [1.29, 1.82) is 0 Å². The lowest BCUT2D eigenvalue weighted by atomic mass is 10.2. The summed E-state index contributed by atoms with van der Waals surface area (Å²) < 4.78 is 0. The van der Waals surface area contributed by atoms with Crippen LogP contribution in [0.4, 0.5) is 0 Å². The average Bonchev–Trinajstić information content (AvgIpc) is 2.15. The molecule has 5 heteroatoms. The Morgan fingerprint density at radius 1 is 1.70 bits per heavy atom. The van der Waals surface area contributed by atoms with Gasteiger partial charge in [0.2, 0.25) is 5.72 Å². The van der Waals surface area contributed by atoms with E-state index in [1.54, 1.807) is 0 Å². The molecule has 1 rings (SSSR count). The van der Waals surface area contributed by atoms with Gasteiger partial charge in [0.05, 0.1) is 0 Å². The van der Waals surface area contributed by atoms with Crippen LogP contribution in [0, 0.1) is 0 Å². The fourth-order valence-corrected chi connectivity index (χ4v) is 1.05. The minimum atomic E-state index is -1.82. The van der Waals surface area contributed by atoms with Crippen molar-refractivity contribution in [2.45, 2.75) is 18.6 Å². The van der Waals surface area contributed by atoms with Gasteiger partial charge >= 0.3 is 5.97 Å². The van der Waals surface area contributed by atoms with Crippen molar-refractivity contribution in [2.75, 3.05) is 6.54 Å². The van der Waals surface area contributed by atoms with Gasteiger partial charge in [-0.2, -0.15) is 0 Å². The minimum absolute atomic E-state index is 0.207. The summed E-state index contributed by atoms with van der Waals surface area (Å²) in [6, 6.07) is 0. The van der Waals surface area contributed by atoms with Crippen LogP contribution in [0.1, 0.15) is 12.8 Å². The number of carboxylic acids is 1. The van der Waals surface area contributed by atoms with Crippen LogP contribution in [0.25, 0.3) is 0 Å². The summed E-state index contributed by atoms with van der Waals surface area (Å²) >= 11 is 0. The first-order valence-electron chi connectivity index (χ1n) is 3.05. The zero-order chi connectivity index (χ0) is 7.78. The third-order valence-corrected chi connectivity index (χ3v) is 1.74. The SMILES string of the molecule is NN1CCC[C@@]1(O)C(=O)O. The van der Waals surface area contributed by atoms with E-state index < -0.39 is 11.7 Å². The zero-order valence-corrected chi connectivity index (χ0v) is 5.45. The van der Waals surface area contributed by atoms with Gasteiger partial charge in [0.25, 0.3) is 0 Å². The number of hydrogen-bond acceptors (Lipinski definition) is 4. The van der Waals surface area contributed by atoms with Gasteiger partial charge < -0.3 is 10.2 Å². The van der Waals surface area contributed by atoms with Gasteiger partial charge in [0, 0.05) is 13.0 Å². The fourth-order valence-electron chi connectivity index (χ4n) is 1.05. The maximum Gasteiger partial charge on any atom is 0.352 e. The van der Waals surface area contributed by atoms with Crippen LogP contribution in [-0.4, -0.2) is 33.5 Å². The zero-order valence-electron chi connectivity index (χ0n) is 5.45. The van der Waals surface area contributed by atoms with E-state index in [1.165, 1.54) is 0 Å². The third kappa shape index (κ3) is 0.880. The first kappa shape index (κ1) is 7.46. The largest absolute Gasteiger partial charge is 0.478 e. The second-order valence-electron chi connectivity index (χ2n) is 2.42. The third-order valence-electron chi connectivity index (χ3n) is 1.74. The van der Waals surface area contributed by atoms with Crippen LogP contribution in [0.5, 0.6) is 0 Å². The molecule has 1 atom stereocenters. The molecule has 58 valence electrons. The van der Waals surface area contributed by atoms with Crippen LogP contribution in [0.15, 0.2) is 0 Å². The lowest BCUT2D eigenvalue weighted by Crippen LogP contribution is -2.53. The molecule has 0 aromatic heterocycles. The second kappa shape index (κ2) is 2.19. The molecule has 1 aliphatic rings. The number of carbonyl (C=O) groups is 1. The van der Waals surface area contributed by atoms with Gasteiger partial charge in [-0.05, 0) is 6.42 Å². The lowest BCUT2D eigenvalue weighted by molar-refractivity contribution is -0.176. The Labute approximate surface area is 58.0 Å². The molecular weight excluding hydrogens is 136 g/mol. The number of aliphatic hydroxyl groups is 1. The number of hydrazine groups is 1. The molecule has 0 aromatic rings. The monoisotopic (exact) mass is 146 g/mol. The summed E-state index contributed by atoms with van der Waals surface area (Å²) in [5.74, 6) is 3.95. The molecule has 0 saturated carbocycles. The highest BCUT2D eigenvalue weighted by Crippen LogP contribution is 2.22. The van der Waals surface area contributed by atoms with Gasteiger partial charge in [0.1, 0.15) is 0 Å². The van der Waals surface area contributed by atoms with E-state index in [0.29, 0.717) is 13.0 Å². The Morgan fingerprint density at radius 2 is 2.30 bits per heavy atom. The standard InChI is InChI=1S/C5H10N2O3/c6-7-3-1-2-5(7,10)4(8)9/h10H,1-3,6H2,(H,8,9)/t5-/m1/s1. The first-order chi connectivity index (χ1) is 4.57. The Morgan fingerprint density at radius 3 is 2.50 bits per heavy atom. The number of aliphatic carboxylic acids is 1. The molecule has 5 nitrogen and oxygen atoms in total. The molecule has 1 fully saturated rings. The molecule has 0 bridgehead atoms. The Balaban J connectivity index is 2.75. The first-order valence-corrected chi connectivity index (χ1v) is 3.05. The summed E-state index contributed by atoms with van der Waals surface area (Å²) in [5, 5.41) is 18.7. The molecule has 10 heavy (non-hydrogen) atoms. The maximum absolute atomic E-state index is 10.4. The summed E-state index contributed by atoms with van der Waals surface area (Å²) in [6.45, 7) is 0.433. The van der Waals surface area contributed by atoms with E-state index in [4.69, 9.17) is 10.9 Å². The average molecular weight is 146 g/mol. The van der Waals surface area contributed by atoms with Crippen LogP contribution in [-0.2, 0) is 4.79 Å². The van der Waals surface area contributed by atoms with Crippen molar-refractivity contribution in [2.24, 2.45) is 5.84 Å². The van der Waals surface area contributed by atoms with Crippen LogP contribution < -0.4 is 5.84 Å². The highest BCUT2D eigenvalue weighted by Gasteiger charge is 2.44. The fraction of sp³-hybridized carbons (Fsp3) is 0.800. The van der Waals surface area contributed by atoms with E-state index in [9.17, 15) is 9.90 Å². The van der Waals surface area contributed by atoms with Gasteiger partial charge in [-0.25, -0.2) is 9.80 Å². The predicted octanol–water partition coefficient (Wildman–Crippen LogP) is -1.27. The molecule has 4 N–H and O–H groups in total. The Bertz CT molecular complexity index is 161. The van der Waals surface area contributed by atoms with Crippen molar-refractivity contribution in [3.05, 3.63) is 0 Å². The molecule has 0 aliphatic carbocycles.